The smallest absolute Gasteiger partial charge is 0.255 e. The third kappa shape index (κ3) is 3.85. The molecule has 1 amide bonds. The topological polar surface area (TPSA) is 68.2 Å². The Labute approximate surface area is 147 Å². The molecule has 1 saturated heterocycles. The Balaban J connectivity index is 1.48. The Hall–Kier alpha value is -2.34. The number of carbonyl (C=O) groups is 1. The number of amides is 1. The Kier molecular flexibility index (Phi) is 4.70. The largest absolute Gasteiger partial charge is 0.381 e. The first-order valence-corrected chi connectivity index (χ1v) is 8.85. The first-order chi connectivity index (χ1) is 12.3. The molecule has 2 atom stereocenters. The maximum Gasteiger partial charge on any atom is 0.255 e. The van der Waals surface area contributed by atoms with Crippen LogP contribution in [-0.4, -0.2) is 52.3 Å². The summed E-state index contributed by atoms with van der Waals surface area (Å²) in [5.74, 6) is 1.35. The molecule has 2 aliphatic rings. The second kappa shape index (κ2) is 7.27. The molecular formula is C19H22N4O2. The molecule has 2 aromatic rings. The Morgan fingerprint density at radius 2 is 1.92 bits per heavy atom. The van der Waals surface area contributed by atoms with Crippen molar-refractivity contribution in [2.75, 3.05) is 26.3 Å². The van der Waals surface area contributed by atoms with E-state index in [2.05, 4.69) is 15.2 Å². The summed E-state index contributed by atoms with van der Waals surface area (Å²) < 4.78 is 5.95. The van der Waals surface area contributed by atoms with Gasteiger partial charge in [-0.3, -0.25) is 9.78 Å². The van der Waals surface area contributed by atoms with Crippen molar-refractivity contribution in [1.82, 2.24) is 20.1 Å². The van der Waals surface area contributed by atoms with Crippen molar-refractivity contribution < 1.29 is 9.53 Å². The van der Waals surface area contributed by atoms with E-state index in [1.807, 2.05) is 29.4 Å². The van der Waals surface area contributed by atoms with Crippen LogP contribution in [0.2, 0.25) is 0 Å². The van der Waals surface area contributed by atoms with E-state index in [0.29, 0.717) is 31.2 Å². The molecule has 1 saturated carbocycles. The normalized spacial score (nSPS) is 23.0. The van der Waals surface area contributed by atoms with E-state index in [9.17, 15) is 4.79 Å². The highest BCUT2D eigenvalue weighted by Gasteiger charge is 2.37. The number of pyridine rings is 1. The molecule has 4 rings (SSSR count). The van der Waals surface area contributed by atoms with Gasteiger partial charge in [-0.25, -0.2) is 0 Å². The van der Waals surface area contributed by atoms with Crippen LogP contribution in [0, 0.1) is 11.8 Å². The molecule has 1 aliphatic heterocycles. The molecule has 2 fully saturated rings. The molecule has 0 unspecified atom stereocenters. The number of likely N-dealkylation sites (tertiary alicyclic amines) is 1. The van der Waals surface area contributed by atoms with Crippen LogP contribution in [0.5, 0.6) is 0 Å². The predicted octanol–water partition coefficient (Wildman–Crippen LogP) is 2.15. The fourth-order valence-corrected chi connectivity index (χ4v) is 3.46. The number of rotatable bonds is 6. The van der Waals surface area contributed by atoms with E-state index in [4.69, 9.17) is 4.74 Å². The number of hydrogen-bond acceptors (Lipinski definition) is 5. The highest BCUT2D eigenvalue weighted by molar-refractivity contribution is 5.94. The van der Waals surface area contributed by atoms with Crippen molar-refractivity contribution in [2.24, 2.45) is 11.8 Å². The summed E-state index contributed by atoms with van der Waals surface area (Å²) in [6, 6.07) is 5.80. The van der Waals surface area contributed by atoms with Gasteiger partial charge in [0.25, 0.3) is 5.91 Å². The predicted molar refractivity (Wildman–Crippen MR) is 91.9 cm³/mol. The molecule has 1 aliphatic carbocycles. The zero-order chi connectivity index (χ0) is 17.1. The van der Waals surface area contributed by atoms with Gasteiger partial charge in [0, 0.05) is 43.9 Å². The third-order valence-corrected chi connectivity index (χ3v) is 5.08. The molecule has 130 valence electrons. The number of aromatic nitrogens is 3. The minimum Gasteiger partial charge on any atom is -0.381 e. The fourth-order valence-electron chi connectivity index (χ4n) is 3.46. The van der Waals surface area contributed by atoms with Crippen LogP contribution >= 0.6 is 0 Å². The molecular weight excluding hydrogens is 316 g/mol. The van der Waals surface area contributed by atoms with Crippen molar-refractivity contribution in [1.29, 1.82) is 0 Å². The molecule has 0 aromatic carbocycles. The third-order valence-electron chi connectivity index (χ3n) is 5.08. The van der Waals surface area contributed by atoms with Gasteiger partial charge in [0.1, 0.15) is 0 Å². The van der Waals surface area contributed by atoms with Crippen LogP contribution in [0.3, 0.4) is 0 Å². The van der Waals surface area contributed by atoms with Crippen molar-refractivity contribution in [3.8, 4) is 0 Å². The van der Waals surface area contributed by atoms with E-state index < -0.39 is 0 Å². The minimum atomic E-state index is 0.0126. The van der Waals surface area contributed by atoms with Crippen molar-refractivity contribution in [3.63, 3.8) is 0 Å². The average molecular weight is 338 g/mol. The van der Waals surface area contributed by atoms with Crippen LogP contribution in [-0.2, 0) is 4.74 Å². The lowest BCUT2D eigenvalue weighted by Gasteiger charge is -2.18. The first kappa shape index (κ1) is 16.1. The van der Waals surface area contributed by atoms with E-state index in [-0.39, 0.29) is 11.8 Å². The number of hydrogen-bond donors (Lipinski definition) is 0. The van der Waals surface area contributed by atoms with E-state index in [1.54, 1.807) is 12.3 Å². The maximum atomic E-state index is 12.8. The van der Waals surface area contributed by atoms with E-state index in [1.165, 1.54) is 24.6 Å². The zero-order valence-corrected chi connectivity index (χ0v) is 14.1. The van der Waals surface area contributed by atoms with Crippen LogP contribution in [0.15, 0.2) is 43.0 Å². The summed E-state index contributed by atoms with van der Waals surface area (Å²) >= 11 is 0. The summed E-state index contributed by atoms with van der Waals surface area (Å²) in [7, 11) is 0. The summed E-state index contributed by atoms with van der Waals surface area (Å²) in [5.41, 5.74) is 1.81. The van der Waals surface area contributed by atoms with Gasteiger partial charge >= 0.3 is 0 Å². The number of ether oxygens (including phenoxy) is 1. The molecule has 3 heterocycles. The number of carbonyl (C=O) groups excluding carboxylic acids is 1. The van der Waals surface area contributed by atoms with E-state index >= 15 is 0 Å². The van der Waals surface area contributed by atoms with Crippen LogP contribution in [0.4, 0.5) is 0 Å². The van der Waals surface area contributed by atoms with Crippen molar-refractivity contribution in [3.05, 3.63) is 54.1 Å². The molecule has 2 aromatic heterocycles. The van der Waals surface area contributed by atoms with Gasteiger partial charge in [-0.2, -0.15) is 10.2 Å². The quantitative estimate of drug-likeness (QED) is 0.807. The van der Waals surface area contributed by atoms with Crippen LogP contribution in [0.25, 0.3) is 0 Å². The summed E-state index contributed by atoms with van der Waals surface area (Å²) in [6.45, 7) is 2.95. The average Bonchev–Trinajstić information content (AvgIpc) is 3.40. The number of nitrogens with zero attached hydrogens (tertiary/aromatic N) is 4. The monoisotopic (exact) mass is 338 g/mol. The molecule has 0 bridgehead atoms. The summed E-state index contributed by atoms with van der Waals surface area (Å²) in [5, 5.41) is 7.57. The lowest BCUT2D eigenvalue weighted by molar-refractivity contribution is 0.0739. The molecule has 0 spiro atoms. The van der Waals surface area contributed by atoms with Gasteiger partial charge in [-0.15, -0.1) is 0 Å². The molecule has 0 N–H and O–H groups in total. The highest BCUT2D eigenvalue weighted by Crippen LogP contribution is 2.34. The molecule has 6 heteroatoms. The molecule has 0 radical (unpaired) electrons. The van der Waals surface area contributed by atoms with E-state index in [0.717, 1.165) is 12.5 Å². The van der Waals surface area contributed by atoms with Crippen molar-refractivity contribution >= 4 is 5.91 Å². The SMILES string of the molecule is O=C(c1ccnnc1)N1C[C@@H](COCC2CC2)[C@H](c2ccncc2)C1. The van der Waals surface area contributed by atoms with Gasteiger partial charge in [0.15, 0.2) is 0 Å². The Morgan fingerprint density at radius 1 is 1.08 bits per heavy atom. The van der Waals surface area contributed by atoms with Crippen molar-refractivity contribution in [2.45, 2.75) is 18.8 Å². The molecule has 6 nitrogen and oxygen atoms in total. The lowest BCUT2D eigenvalue weighted by atomic mass is 9.90. The van der Waals surface area contributed by atoms with Gasteiger partial charge in [0.2, 0.25) is 0 Å². The Morgan fingerprint density at radius 3 is 2.64 bits per heavy atom. The van der Waals surface area contributed by atoms with Gasteiger partial charge < -0.3 is 9.64 Å². The van der Waals surface area contributed by atoms with Crippen LogP contribution in [0.1, 0.15) is 34.7 Å². The minimum absolute atomic E-state index is 0.0126. The highest BCUT2D eigenvalue weighted by atomic mass is 16.5. The second-order valence-electron chi connectivity index (χ2n) is 6.97. The van der Waals surface area contributed by atoms with Gasteiger partial charge in [-0.05, 0) is 42.5 Å². The Bertz CT molecular complexity index is 706. The molecule has 25 heavy (non-hydrogen) atoms. The summed E-state index contributed by atoms with van der Waals surface area (Å²) in [6.07, 6.45) is 9.29. The maximum absolute atomic E-state index is 12.8. The van der Waals surface area contributed by atoms with Crippen LogP contribution < -0.4 is 0 Å². The first-order valence-electron chi connectivity index (χ1n) is 8.85. The fraction of sp³-hybridized carbons (Fsp3) is 0.474. The summed E-state index contributed by atoms with van der Waals surface area (Å²) in [4.78, 5) is 18.8. The van der Waals surface area contributed by atoms with Gasteiger partial charge in [-0.1, -0.05) is 0 Å². The standard InChI is InChI=1S/C19H22N4O2/c24-19(16-5-8-21-22-9-16)23-10-17(13-25-12-14-1-2-14)18(11-23)15-3-6-20-7-4-15/h3-9,14,17-18H,1-2,10-13H2/t17-,18-/m0/s1. The zero-order valence-electron chi connectivity index (χ0n) is 14.1. The van der Waals surface area contributed by atoms with Gasteiger partial charge in [0.05, 0.1) is 24.6 Å². The second-order valence-corrected chi connectivity index (χ2v) is 6.97. The lowest BCUT2D eigenvalue weighted by Crippen LogP contribution is -2.29.